The smallest absolute Gasteiger partial charge is 0.0708 e. The molecule has 8 aromatic rings. The molecule has 0 unspecified atom stereocenters. The van der Waals surface area contributed by atoms with Crippen LogP contribution in [0.5, 0.6) is 0 Å². The summed E-state index contributed by atoms with van der Waals surface area (Å²) in [6, 6.07) is 49.2. The number of pyridine rings is 1. The molecule has 0 atom stereocenters. The van der Waals surface area contributed by atoms with Crippen LogP contribution in [0.1, 0.15) is 25.0 Å². The molecule has 1 heteroatoms. The Balaban J connectivity index is 1.32. The van der Waals surface area contributed by atoms with Gasteiger partial charge in [-0.3, -0.25) is 4.98 Å². The van der Waals surface area contributed by atoms with Crippen molar-refractivity contribution in [1.82, 2.24) is 4.98 Å². The van der Waals surface area contributed by atoms with Crippen LogP contribution in [0, 0.1) is 0 Å². The summed E-state index contributed by atoms with van der Waals surface area (Å²) in [6.45, 7) is 4.73. The van der Waals surface area contributed by atoms with E-state index in [-0.39, 0.29) is 5.41 Å². The zero-order valence-electron chi connectivity index (χ0n) is 24.2. The Labute approximate surface area is 251 Å². The Bertz CT molecular complexity index is 2410. The minimum absolute atomic E-state index is 0.0354. The molecule has 1 nitrogen and oxygen atoms in total. The second-order valence-corrected chi connectivity index (χ2v) is 12.3. The molecule has 0 bridgehead atoms. The molecule has 0 radical (unpaired) electrons. The normalized spacial score (nSPS) is 13.5. The van der Waals surface area contributed by atoms with Crippen LogP contribution >= 0.6 is 0 Å². The largest absolute Gasteiger partial charge is 0.256 e. The van der Waals surface area contributed by atoms with Gasteiger partial charge in [0.15, 0.2) is 0 Å². The summed E-state index contributed by atoms with van der Waals surface area (Å²) in [4.78, 5) is 4.65. The first-order valence-corrected chi connectivity index (χ1v) is 15.1. The third kappa shape index (κ3) is 3.43. The van der Waals surface area contributed by atoms with Crippen LogP contribution in [0.3, 0.4) is 0 Å². The monoisotopic (exact) mass is 547 g/mol. The molecule has 7 aromatic carbocycles. The predicted octanol–water partition coefficient (Wildman–Crippen LogP) is 11.3. The molecule has 0 aliphatic heterocycles. The molecule has 0 N–H and O–H groups in total. The van der Waals surface area contributed by atoms with Gasteiger partial charge < -0.3 is 0 Å². The van der Waals surface area contributed by atoms with Crippen LogP contribution in [0.2, 0.25) is 0 Å². The first-order chi connectivity index (χ1) is 21.1. The third-order valence-electron chi connectivity index (χ3n) is 9.71. The Morgan fingerprint density at radius 3 is 1.79 bits per heavy atom. The van der Waals surface area contributed by atoms with Crippen LogP contribution in [0.4, 0.5) is 0 Å². The Morgan fingerprint density at radius 1 is 0.395 bits per heavy atom. The minimum atomic E-state index is -0.0354. The summed E-state index contributed by atoms with van der Waals surface area (Å²) in [6.07, 6.45) is 1.87. The fraction of sp³-hybridized carbons (Fsp3) is 0.0714. The van der Waals surface area contributed by atoms with Crippen LogP contribution in [0.15, 0.2) is 140 Å². The van der Waals surface area contributed by atoms with Crippen molar-refractivity contribution in [2.75, 3.05) is 0 Å². The van der Waals surface area contributed by atoms with Crippen molar-refractivity contribution in [2.24, 2.45) is 0 Å². The van der Waals surface area contributed by atoms with E-state index in [1.165, 1.54) is 76.5 Å². The number of benzene rings is 7. The van der Waals surface area contributed by atoms with Crippen molar-refractivity contribution in [3.05, 3.63) is 151 Å². The standard InChI is InChI=1S/C42H29N/c1-42(2)39-18-6-5-13-33(39)38-24-36-31-12-4-3-11-30(31)35-23-26(20-21-32(35)37(36)25-40(38)42)27-14-9-16-29-28(27)15-10-17-34(29)41-19-7-8-22-43-41/h3-25H,1-2H3. The van der Waals surface area contributed by atoms with Gasteiger partial charge in [0, 0.05) is 17.2 Å². The number of aromatic nitrogens is 1. The molecule has 1 heterocycles. The maximum absolute atomic E-state index is 4.65. The highest BCUT2D eigenvalue weighted by Crippen LogP contribution is 2.51. The Morgan fingerprint density at radius 2 is 1.00 bits per heavy atom. The molecule has 0 spiro atoms. The molecule has 0 fully saturated rings. The van der Waals surface area contributed by atoms with Crippen LogP contribution in [-0.2, 0) is 5.41 Å². The lowest BCUT2D eigenvalue weighted by Gasteiger charge is -2.22. The highest BCUT2D eigenvalue weighted by molar-refractivity contribution is 6.27. The molecular weight excluding hydrogens is 518 g/mol. The van der Waals surface area contributed by atoms with Crippen LogP contribution in [0.25, 0.3) is 76.6 Å². The van der Waals surface area contributed by atoms with Crippen molar-refractivity contribution in [2.45, 2.75) is 19.3 Å². The molecule has 1 aliphatic carbocycles. The maximum atomic E-state index is 4.65. The average Bonchev–Trinajstić information content (AvgIpc) is 3.29. The van der Waals surface area contributed by atoms with Crippen molar-refractivity contribution >= 4 is 43.1 Å². The molecule has 43 heavy (non-hydrogen) atoms. The quantitative estimate of drug-likeness (QED) is 0.196. The van der Waals surface area contributed by atoms with E-state index in [1.54, 1.807) is 0 Å². The highest BCUT2D eigenvalue weighted by Gasteiger charge is 2.35. The van der Waals surface area contributed by atoms with Gasteiger partial charge in [0.2, 0.25) is 0 Å². The molecule has 1 aromatic heterocycles. The minimum Gasteiger partial charge on any atom is -0.256 e. The predicted molar refractivity (Wildman–Crippen MR) is 183 cm³/mol. The zero-order chi connectivity index (χ0) is 28.7. The molecule has 1 aliphatic rings. The van der Waals surface area contributed by atoms with Gasteiger partial charge in [-0.1, -0.05) is 117 Å². The number of hydrogen-bond acceptors (Lipinski definition) is 1. The molecular formula is C42H29N. The van der Waals surface area contributed by atoms with E-state index in [9.17, 15) is 0 Å². The summed E-state index contributed by atoms with van der Waals surface area (Å²) < 4.78 is 0. The Hall–Kier alpha value is -5.27. The molecule has 0 saturated heterocycles. The first kappa shape index (κ1) is 24.3. The van der Waals surface area contributed by atoms with Gasteiger partial charge in [-0.2, -0.15) is 0 Å². The van der Waals surface area contributed by atoms with Crippen molar-refractivity contribution in [3.63, 3.8) is 0 Å². The van der Waals surface area contributed by atoms with Crippen LogP contribution in [-0.4, -0.2) is 4.98 Å². The number of fused-ring (bicyclic) bond motifs is 10. The van der Waals surface area contributed by atoms with E-state index in [4.69, 9.17) is 0 Å². The van der Waals surface area contributed by atoms with Gasteiger partial charge in [-0.25, -0.2) is 0 Å². The first-order valence-electron chi connectivity index (χ1n) is 15.1. The average molecular weight is 548 g/mol. The molecule has 0 saturated carbocycles. The van der Waals surface area contributed by atoms with Gasteiger partial charge in [-0.05, 0) is 107 Å². The summed E-state index contributed by atoms with van der Waals surface area (Å²) in [5.41, 5.74) is 10.2. The van der Waals surface area contributed by atoms with Gasteiger partial charge in [-0.15, -0.1) is 0 Å². The van der Waals surface area contributed by atoms with E-state index in [0.717, 1.165) is 11.3 Å². The van der Waals surface area contributed by atoms with E-state index in [0.29, 0.717) is 0 Å². The van der Waals surface area contributed by atoms with Gasteiger partial charge >= 0.3 is 0 Å². The fourth-order valence-electron chi connectivity index (χ4n) is 7.62. The van der Waals surface area contributed by atoms with Crippen molar-refractivity contribution in [1.29, 1.82) is 0 Å². The van der Waals surface area contributed by atoms with Crippen LogP contribution < -0.4 is 0 Å². The summed E-state index contributed by atoms with van der Waals surface area (Å²) in [5, 5.41) is 10.3. The fourth-order valence-corrected chi connectivity index (χ4v) is 7.62. The maximum Gasteiger partial charge on any atom is 0.0708 e. The van der Waals surface area contributed by atoms with Gasteiger partial charge in [0.1, 0.15) is 0 Å². The summed E-state index contributed by atoms with van der Waals surface area (Å²) in [5.74, 6) is 0. The number of hydrogen-bond donors (Lipinski definition) is 0. The van der Waals surface area contributed by atoms with E-state index < -0.39 is 0 Å². The molecule has 0 amide bonds. The zero-order valence-corrected chi connectivity index (χ0v) is 24.2. The number of nitrogens with zero attached hydrogens (tertiary/aromatic N) is 1. The summed E-state index contributed by atoms with van der Waals surface area (Å²) in [7, 11) is 0. The summed E-state index contributed by atoms with van der Waals surface area (Å²) >= 11 is 0. The van der Waals surface area contributed by atoms with E-state index >= 15 is 0 Å². The Kier molecular flexibility index (Phi) is 5.02. The molecule has 9 rings (SSSR count). The topological polar surface area (TPSA) is 12.9 Å². The van der Waals surface area contributed by atoms with E-state index in [1.807, 2.05) is 12.3 Å². The van der Waals surface area contributed by atoms with E-state index in [2.05, 4.69) is 146 Å². The lowest BCUT2D eigenvalue weighted by molar-refractivity contribution is 0.661. The van der Waals surface area contributed by atoms with Crippen molar-refractivity contribution < 1.29 is 0 Å². The second kappa shape index (κ2) is 8.86. The lowest BCUT2D eigenvalue weighted by atomic mass is 9.81. The second-order valence-electron chi connectivity index (χ2n) is 12.3. The molecule has 202 valence electrons. The third-order valence-corrected chi connectivity index (χ3v) is 9.71. The van der Waals surface area contributed by atoms with Gasteiger partial charge in [0.25, 0.3) is 0 Å². The highest BCUT2D eigenvalue weighted by atomic mass is 14.7. The van der Waals surface area contributed by atoms with Gasteiger partial charge in [0.05, 0.1) is 5.69 Å². The lowest BCUT2D eigenvalue weighted by Crippen LogP contribution is -2.14. The van der Waals surface area contributed by atoms with Crippen molar-refractivity contribution in [3.8, 4) is 33.5 Å². The number of rotatable bonds is 2. The SMILES string of the molecule is CC1(C)c2ccccc2-c2cc3c4ccccc4c4cc(-c5cccc6c(-c7ccccn7)cccc56)ccc4c3cc21.